The van der Waals surface area contributed by atoms with E-state index < -0.39 is 54.6 Å². The average molecular weight is 571 g/mol. The highest BCUT2D eigenvalue weighted by atomic mass is 16.4. The normalized spacial score (nSPS) is 12.4. The molecule has 0 aliphatic heterocycles. The number of nitrogens with one attached hydrogen (secondary N) is 3. The van der Waals surface area contributed by atoms with E-state index in [4.69, 9.17) is 15.9 Å². The predicted octanol–water partition coefficient (Wildman–Crippen LogP) is 0.0264. The maximum atomic E-state index is 12.7. The Bertz CT molecular complexity index is 1530. The number of amides is 2. The van der Waals surface area contributed by atoms with Crippen LogP contribution in [0.2, 0.25) is 0 Å². The van der Waals surface area contributed by atoms with Gasteiger partial charge in [0, 0.05) is 31.6 Å². The molecule has 1 aromatic carbocycles. The van der Waals surface area contributed by atoms with Crippen molar-refractivity contribution in [3.63, 3.8) is 0 Å². The van der Waals surface area contributed by atoms with Crippen LogP contribution in [0.25, 0.3) is 11.0 Å². The Balaban J connectivity index is 1.56. The second-order valence-corrected chi connectivity index (χ2v) is 9.41. The number of rotatable bonds is 14. The molecule has 2 aromatic heterocycles. The van der Waals surface area contributed by atoms with Crippen molar-refractivity contribution in [2.45, 2.75) is 50.6 Å². The number of carboxylic acids is 3. The van der Waals surface area contributed by atoms with Gasteiger partial charge in [-0.3, -0.25) is 24.2 Å². The van der Waals surface area contributed by atoms with Crippen LogP contribution in [-0.2, 0) is 39.1 Å². The smallest absolute Gasteiger partial charge is 0.326 e. The molecule has 0 spiro atoms. The molecule has 0 aliphatic rings. The number of nitrogens with zero attached hydrogens (tertiary/aromatic N) is 2. The van der Waals surface area contributed by atoms with Crippen LogP contribution in [0.15, 0.2) is 35.3 Å². The van der Waals surface area contributed by atoms with E-state index in [2.05, 4.69) is 20.6 Å². The van der Waals surface area contributed by atoms with E-state index in [-0.39, 0.29) is 29.9 Å². The van der Waals surface area contributed by atoms with Gasteiger partial charge in [-0.1, -0.05) is 12.1 Å². The minimum atomic E-state index is -1.44. The number of aryl methyl sites for hydroxylation is 3. The Morgan fingerprint density at radius 1 is 0.951 bits per heavy atom. The quantitative estimate of drug-likeness (QED) is 0.136. The number of nitrogens with two attached hydrogens (primary N) is 1. The van der Waals surface area contributed by atoms with E-state index >= 15 is 0 Å². The zero-order valence-corrected chi connectivity index (χ0v) is 22.0. The fourth-order valence-electron chi connectivity index (χ4n) is 4.24. The molecule has 0 saturated carbocycles. The largest absolute Gasteiger partial charge is 0.481 e. The van der Waals surface area contributed by atoms with Crippen LogP contribution in [0.1, 0.15) is 47.2 Å². The molecule has 3 rings (SSSR count). The lowest BCUT2D eigenvalue weighted by Gasteiger charge is -2.16. The molecular weight excluding hydrogens is 540 g/mol. The van der Waals surface area contributed by atoms with Crippen molar-refractivity contribution in [1.29, 1.82) is 0 Å². The summed E-state index contributed by atoms with van der Waals surface area (Å²) < 4.78 is 1.72. The summed E-state index contributed by atoms with van der Waals surface area (Å²) >= 11 is 0. The van der Waals surface area contributed by atoms with Gasteiger partial charge in [-0.15, -0.1) is 0 Å². The zero-order chi connectivity index (χ0) is 30.3. The minimum Gasteiger partial charge on any atom is -0.481 e. The first kappa shape index (κ1) is 30.3. The molecular formula is C26H30N6O9. The van der Waals surface area contributed by atoms with E-state index in [0.717, 1.165) is 11.1 Å². The Morgan fingerprint density at radius 2 is 1.56 bits per heavy atom. The van der Waals surface area contributed by atoms with Crippen molar-refractivity contribution >= 4 is 46.7 Å². The van der Waals surface area contributed by atoms with Gasteiger partial charge in [0.25, 0.3) is 11.5 Å². The number of H-pyrrole nitrogens is 1. The molecule has 2 heterocycles. The number of nitrogen functional groups attached to an aromatic ring is 1. The SMILES string of the molecule is Cn1cc(CCc2ccc(C(=O)N[C@@H](CCC(=O)N[C@@H](CCC(=O)O)C(=O)O)C(=O)O)cc2)c2c(=O)[nH]c(N)nc21. The van der Waals surface area contributed by atoms with Gasteiger partial charge in [-0.2, -0.15) is 4.98 Å². The highest BCUT2D eigenvalue weighted by Gasteiger charge is 2.25. The first-order chi connectivity index (χ1) is 19.3. The number of benzene rings is 1. The van der Waals surface area contributed by atoms with Gasteiger partial charge in [0.1, 0.15) is 17.7 Å². The van der Waals surface area contributed by atoms with Crippen molar-refractivity contribution < 1.29 is 39.3 Å². The average Bonchev–Trinajstić information content (AvgIpc) is 3.22. The summed E-state index contributed by atoms with van der Waals surface area (Å²) in [6.45, 7) is 0. The second kappa shape index (κ2) is 13.2. The summed E-state index contributed by atoms with van der Waals surface area (Å²) in [5, 5.41) is 32.3. The van der Waals surface area contributed by atoms with Gasteiger partial charge in [-0.05, 0) is 48.9 Å². The van der Waals surface area contributed by atoms with Crippen LogP contribution in [0.5, 0.6) is 0 Å². The Labute approximate surface area is 232 Å². The summed E-state index contributed by atoms with van der Waals surface area (Å²) in [6, 6.07) is 3.58. The lowest BCUT2D eigenvalue weighted by Crippen LogP contribution is -2.44. The van der Waals surface area contributed by atoms with Gasteiger partial charge in [0.05, 0.1) is 5.39 Å². The molecule has 0 radical (unpaired) electrons. The maximum absolute atomic E-state index is 12.7. The first-order valence-electron chi connectivity index (χ1n) is 12.6. The molecule has 0 fully saturated rings. The molecule has 2 amide bonds. The highest BCUT2D eigenvalue weighted by molar-refractivity contribution is 5.96. The van der Waals surface area contributed by atoms with Crippen LogP contribution >= 0.6 is 0 Å². The molecule has 2 atom stereocenters. The van der Waals surface area contributed by atoms with Gasteiger partial charge < -0.3 is 36.3 Å². The Morgan fingerprint density at radius 3 is 2.17 bits per heavy atom. The summed E-state index contributed by atoms with van der Waals surface area (Å²) in [6.07, 6.45) is 1.32. The Kier molecular flexibility index (Phi) is 9.79. The molecule has 0 unspecified atom stereocenters. The summed E-state index contributed by atoms with van der Waals surface area (Å²) in [4.78, 5) is 77.4. The number of fused-ring (bicyclic) bond motifs is 1. The number of carboxylic acid groups (broad SMARTS) is 3. The summed E-state index contributed by atoms with van der Waals surface area (Å²) in [5.74, 6) is -5.48. The number of hydrogen-bond acceptors (Lipinski definition) is 8. The van der Waals surface area contributed by atoms with E-state index in [1.807, 2.05) is 0 Å². The van der Waals surface area contributed by atoms with Crippen molar-refractivity contribution in [3.05, 3.63) is 57.5 Å². The van der Waals surface area contributed by atoms with Crippen LogP contribution < -0.4 is 21.9 Å². The standard InChI is InChI=1S/C26H30N6O9/c1-32-12-15(20-21(32)30-26(27)31-23(20)37)7-4-13-2-5-14(6-3-13)22(36)29-17(25(40)41)8-10-18(33)28-16(24(38)39)9-11-19(34)35/h2-3,5-6,12,16-17H,4,7-11H2,1H3,(H,28,33)(H,29,36)(H,34,35)(H,38,39)(H,40,41)(H3,27,30,31,37)/t16-,17-/m0/s1. The third-order valence-corrected chi connectivity index (χ3v) is 6.37. The van der Waals surface area contributed by atoms with Crippen LogP contribution in [0.3, 0.4) is 0 Å². The number of hydrogen-bond donors (Lipinski definition) is 7. The van der Waals surface area contributed by atoms with Crippen LogP contribution in [-0.4, -0.2) is 71.7 Å². The first-order valence-corrected chi connectivity index (χ1v) is 12.6. The molecule has 3 aromatic rings. The number of carbonyl (C=O) groups is 5. The van der Waals surface area contributed by atoms with Gasteiger partial charge in [0.2, 0.25) is 11.9 Å². The van der Waals surface area contributed by atoms with Gasteiger partial charge in [-0.25, -0.2) is 9.59 Å². The van der Waals surface area contributed by atoms with E-state index in [1.54, 1.807) is 29.9 Å². The fraction of sp³-hybridized carbons (Fsp3) is 0.346. The van der Waals surface area contributed by atoms with Crippen LogP contribution in [0, 0.1) is 0 Å². The molecule has 41 heavy (non-hydrogen) atoms. The lowest BCUT2D eigenvalue weighted by atomic mass is 10.0. The number of aliphatic carboxylic acids is 3. The Hall–Kier alpha value is -5.21. The monoisotopic (exact) mass is 570 g/mol. The highest BCUT2D eigenvalue weighted by Crippen LogP contribution is 2.18. The number of anilines is 1. The third kappa shape index (κ3) is 8.14. The van der Waals surface area contributed by atoms with Crippen molar-refractivity contribution in [2.75, 3.05) is 5.73 Å². The lowest BCUT2D eigenvalue weighted by molar-refractivity contribution is -0.143. The van der Waals surface area contributed by atoms with Crippen LogP contribution in [0.4, 0.5) is 5.95 Å². The van der Waals surface area contributed by atoms with Crippen molar-refractivity contribution in [2.24, 2.45) is 7.05 Å². The zero-order valence-electron chi connectivity index (χ0n) is 22.0. The summed E-state index contributed by atoms with van der Waals surface area (Å²) in [5.41, 5.74) is 7.60. The van der Waals surface area contributed by atoms with Crippen molar-refractivity contribution in [1.82, 2.24) is 25.2 Å². The molecule has 0 aliphatic carbocycles. The maximum Gasteiger partial charge on any atom is 0.326 e. The second-order valence-electron chi connectivity index (χ2n) is 9.41. The molecule has 8 N–H and O–H groups in total. The molecule has 15 heteroatoms. The molecule has 0 bridgehead atoms. The molecule has 0 saturated heterocycles. The van der Waals surface area contributed by atoms with Gasteiger partial charge in [0.15, 0.2) is 0 Å². The fourth-order valence-corrected chi connectivity index (χ4v) is 4.24. The summed E-state index contributed by atoms with van der Waals surface area (Å²) in [7, 11) is 1.76. The van der Waals surface area contributed by atoms with E-state index in [9.17, 15) is 33.9 Å². The van der Waals surface area contributed by atoms with E-state index in [1.165, 1.54) is 12.1 Å². The molecule has 218 valence electrons. The molecule has 15 nitrogen and oxygen atoms in total. The number of carbonyl (C=O) groups excluding carboxylic acids is 2. The third-order valence-electron chi connectivity index (χ3n) is 6.37. The van der Waals surface area contributed by atoms with Gasteiger partial charge >= 0.3 is 17.9 Å². The predicted molar refractivity (Wildman–Crippen MR) is 144 cm³/mol. The van der Waals surface area contributed by atoms with Crippen molar-refractivity contribution in [3.8, 4) is 0 Å². The van der Waals surface area contributed by atoms with E-state index in [0.29, 0.717) is 23.9 Å². The minimum absolute atomic E-state index is 0.0253. The number of aromatic amines is 1. The topological polar surface area (TPSA) is 247 Å². The number of aromatic nitrogens is 3.